The predicted molar refractivity (Wildman–Crippen MR) is 68.1 cm³/mol. The fourth-order valence-corrected chi connectivity index (χ4v) is 2.00. The van der Waals surface area contributed by atoms with Crippen molar-refractivity contribution < 1.29 is 23.1 Å². The number of benzene rings is 1. The third kappa shape index (κ3) is 3.04. The van der Waals surface area contributed by atoms with Gasteiger partial charge in [-0.3, -0.25) is 9.59 Å². The maximum atomic E-state index is 13.6. The van der Waals surface area contributed by atoms with Crippen molar-refractivity contribution in [1.82, 2.24) is 5.32 Å². The van der Waals surface area contributed by atoms with Crippen molar-refractivity contribution in [2.24, 2.45) is 0 Å². The normalized spacial score (nSPS) is 15.9. The Morgan fingerprint density at radius 1 is 1.25 bits per heavy atom. The number of carbonyl (C=O) groups excluding carboxylic acids is 2. The van der Waals surface area contributed by atoms with Crippen molar-refractivity contribution >= 4 is 25.0 Å². The van der Waals surface area contributed by atoms with Crippen LogP contribution in [0.2, 0.25) is 0 Å². The summed E-state index contributed by atoms with van der Waals surface area (Å²) in [6.45, 7) is 0.963. The Hall–Kier alpha value is -1.76. The van der Waals surface area contributed by atoms with Crippen molar-refractivity contribution in [1.29, 1.82) is 0 Å². The molecule has 1 aromatic rings. The van der Waals surface area contributed by atoms with Gasteiger partial charge in [0, 0.05) is 19.3 Å². The van der Waals surface area contributed by atoms with Gasteiger partial charge in [0.05, 0.1) is 5.56 Å². The van der Waals surface area contributed by atoms with Gasteiger partial charge in [-0.05, 0) is 18.9 Å². The predicted octanol–water partition coefficient (Wildman–Crippen LogP) is 0.237. The number of hydrogen-bond donors (Lipinski definition) is 1. The molecule has 1 amide bonds. The molecule has 1 saturated heterocycles. The molecule has 0 atom stereocenters. The summed E-state index contributed by atoms with van der Waals surface area (Å²) in [7, 11) is 5.43. The second-order valence-corrected chi connectivity index (χ2v) is 4.51. The third-order valence-corrected chi connectivity index (χ3v) is 3.12. The molecule has 1 fully saturated rings. The number of carbonyl (C=O) groups is 2. The van der Waals surface area contributed by atoms with Crippen LogP contribution in [0.1, 0.15) is 23.2 Å². The first-order valence-corrected chi connectivity index (χ1v) is 6.17. The van der Waals surface area contributed by atoms with Gasteiger partial charge in [0.25, 0.3) is 11.7 Å². The standard InChI is InChI=1S/C13H12BF2NO3/c14-8-1-2-9(15)11(16)10(8)12(18)13(19)17-7-3-5-20-6-4-7/h1-2,7H,3-6H2,(H,17,19). The summed E-state index contributed by atoms with van der Waals surface area (Å²) in [5, 5.41) is 2.48. The number of ketones is 1. The average molecular weight is 279 g/mol. The van der Waals surface area contributed by atoms with E-state index in [1.54, 1.807) is 0 Å². The number of ether oxygens (including phenoxy) is 1. The fourth-order valence-electron chi connectivity index (χ4n) is 2.00. The van der Waals surface area contributed by atoms with Gasteiger partial charge in [0.15, 0.2) is 11.6 Å². The van der Waals surface area contributed by atoms with E-state index >= 15 is 0 Å². The van der Waals surface area contributed by atoms with Crippen LogP contribution in [0, 0.1) is 11.6 Å². The first-order chi connectivity index (χ1) is 9.50. The summed E-state index contributed by atoms with van der Waals surface area (Å²) in [6, 6.07) is 1.64. The van der Waals surface area contributed by atoms with Crippen molar-refractivity contribution in [2.45, 2.75) is 18.9 Å². The first kappa shape index (κ1) is 14.6. The van der Waals surface area contributed by atoms with Crippen LogP contribution >= 0.6 is 0 Å². The highest BCUT2D eigenvalue weighted by Gasteiger charge is 2.26. The zero-order chi connectivity index (χ0) is 14.7. The summed E-state index contributed by atoms with van der Waals surface area (Å²) in [6.07, 6.45) is 1.14. The molecule has 0 aromatic heterocycles. The molecule has 1 aliphatic rings. The van der Waals surface area contributed by atoms with Crippen LogP contribution in [0.5, 0.6) is 0 Å². The minimum Gasteiger partial charge on any atom is -0.381 e. The second kappa shape index (κ2) is 6.13. The number of hydrogen-bond acceptors (Lipinski definition) is 3. The lowest BCUT2D eigenvalue weighted by Gasteiger charge is -2.22. The van der Waals surface area contributed by atoms with Crippen LogP contribution in [0.3, 0.4) is 0 Å². The number of Topliss-reactive ketones (excluding diaryl/α,β-unsaturated/α-hetero) is 1. The van der Waals surface area contributed by atoms with Crippen molar-refractivity contribution in [2.75, 3.05) is 13.2 Å². The fraction of sp³-hybridized carbons (Fsp3) is 0.385. The molecule has 20 heavy (non-hydrogen) atoms. The van der Waals surface area contributed by atoms with Gasteiger partial charge in [0.2, 0.25) is 0 Å². The minimum atomic E-state index is -1.41. The molecular weight excluding hydrogens is 267 g/mol. The highest BCUT2D eigenvalue weighted by molar-refractivity contribution is 6.48. The highest BCUT2D eigenvalue weighted by Crippen LogP contribution is 2.11. The quantitative estimate of drug-likeness (QED) is 0.490. The van der Waals surface area contributed by atoms with Gasteiger partial charge < -0.3 is 10.1 Å². The van der Waals surface area contributed by atoms with E-state index in [4.69, 9.17) is 12.6 Å². The molecule has 2 radical (unpaired) electrons. The molecule has 2 rings (SSSR count). The van der Waals surface area contributed by atoms with Crippen LogP contribution in [0.25, 0.3) is 0 Å². The van der Waals surface area contributed by atoms with Crippen LogP contribution in [0.15, 0.2) is 12.1 Å². The third-order valence-electron chi connectivity index (χ3n) is 3.12. The summed E-state index contributed by atoms with van der Waals surface area (Å²) in [5.74, 6) is -4.79. The number of nitrogens with one attached hydrogen (secondary N) is 1. The lowest BCUT2D eigenvalue weighted by molar-refractivity contribution is -0.118. The van der Waals surface area contributed by atoms with Crippen molar-refractivity contribution in [3.05, 3.63) is 29.3 Å². The zero-order valence-electron chi connectivity index (χ0n) is 10.6. The summed E-state index contributed by atoms with van der Waals surface area (Å²) >= 11 is 0. The summed E-state index contributed by atoms with van der Waals surface area (Å²) in [4.78, 5) is 23.7. The topological polar surface area (TPSA) is 55.4 Å². The number of halogens is 2. The molecule has 0 spiro atoms. The molecule has 1 aromatic carbocycles. The van der Waals surface area contributed by atoms with Gasteiger partial charge in [-0.2, -0.15) is 0 Å². The minimum absolute atomic E-state index is 0.210. The Kier molecular flexibility index (Phi) is 4.49. The largest absolute Gasteiger partial charge is 0.381 e. The van der Waals surface area contributed by atoms with Crippen molar-refractivity contribution in [3.63, 3.8) is 0 Å². The van der Waals surface area contributed by atoms with Gasteiger partial charge in [-0.15, -0.1) is 0 Å². The Morgan fingerprint density at radius 2 is 1.90 bits per heavy atom. The zero-order valence-corrected chi connectivity index (χ0v) is 10.6. The Labute approximate surface area is 115 Å². The smallest absolute Gasteiger partial charge is 0.292 e. The summed E-state index contributed by atoms with van der Waals surface area (Å²) < 4.78 is 31.8. The number of amides is 1. The maximum absolute atomic E-state index is 13.6. The van der Waals surface area contributed by atoms with Crippen LogP contribution in [0.4, 0.5) is 8.78 Å². The Balaban J connectivity index is 2.14. The molecule has 0 aliphatic carbocycles. The molecule has 1 N–H and O–H groups in total. The average Bonchev–Trinajstić information content (AvgIpc) is 2.44. The number of rotatable bonds is 3. The second-order valence-electron chi connectivity index (χ2n) is 4.51. The first-order valence-electron chi connectivity index (χ1n) is 6.17. The Morgan fingerprint density at radius 3 is 2.55 bits per heavy atom. The molecular formula is C13H12BF2NO3. The van der Waals surface area contributed by atoms with Crippen LogP contribution in [-0.4, -0.2) is 38.8 Å². The van der Waals surface area contributed by atoms with E-state index in [1.165, 1.54) is 0 Å². The lowest BCUT2D eigenvalue weighted by atomic mass is 9.88. The van der Waals surface area contributed by atoms with Gasteiger partial charge >= 0.3 is 0 Å². The molecule has 4 nitrogen and oxygen atoms in total. The lowest BCUT2D eigenvalue weighted by Crippen LogP contribution is -2.43. The van der Waals surface area contributed by atoms with Crippen LogP contribution < -0.4 is 10.8 Å². The van der Waals surface area contributed by atoms with E-state index in [1.807, 2.05) is 0 Å². The SMILES string of the molecule is [B]c1ccc(F)c(F)c1C(=O)C(=O)NC1CCOCC1. The summed E-state index contributed by atoms with van der Waals surface area (Å²) in [5.41, 5.74) is -0.995. The van der Waals surface area contributed by atoms with Gasteiger partial charge in [-0.25, -0.2) is 8.78 Å². The highest BCUT2D eigenvalue weighted by atomic mass is 19.2. The van der Waals surface area contributed by atoms with E-state index in [9.17, 15) is 18.4 Å². The van der Waals surface area contributed by atoms with E-state index in [-0.39, 0.29) is 11.5 Å². The molecule has 104 valence electrons. The van der Waals surface area contributed by atoms with E-state index < -0.39 is 28.9 Å². The maximum Gasteiger partial charge on any atom is 0.292 e. The van der Waals surface area contributed by atoms with E-state index in [2.05, 4.69) is 5.32 Å². The van der Waals surface area contributed by atoms with Crippen LogP contribution in [-0.2, 0) is 9.53 Å². The molecule has 0 unspecified atom stereocenters. The van der Waals surface area contributed by atoms with Crippen molar-refractivity contribution in [3.8, 4) is 0 Å². The monoisotopic (exact) mass is 279 g/mol. The molecule has 0 bridgehead atoms. The van der Waals surface area contributed by atoms with Gasteiger partial charge in [-0.1, -0.05) is 11.5 Å². The van der Waals surface area contributed by atoms with E-state index in [0.29, 0.717) is 26.1 Å². The molecule has 0 saturated carbocycles. The molecule has 1 heterocycles. The van der Waals surface area contributed by atoms with Gasteiger partial charge in [0.1, 0.15) is 7.85 Å². The Bertz CT molecular complexity index is 545. The molecule has 1 aliphatic heterocycles. The van der Waals surface area contributed by atoms with E-state index in [0.717, 1.165) is 12.1 Å². The molecule has 7 heteroatoms.